The Morgan fingerprint density at radius 2 is 1.83 bits per heavy atom. The molecule has 0 aliphatic heterocycles. The van der Waals surface area contributed by atoms with E-state index in [4.69, 9.17) is 10.00 Å². The number of hydrogen-bond donors (Lipinski definition) is 1. The van der Waals surface area contributed by atoms with Gasteiger partial charge in [0.2, 0.25) is 0 Å². The Bertz CT molecular complexity index is 743. The largest absolute Gasteiger partial charge is 0.457 e. The highest BCUT2D eigenvalue weighted by molar-refractivity contribution is 6.01. The highest BCUT2D eigenvalue weighted by Crippen LogP contribution is 2.22. The molecule has 0 spiro atoms. The summed E-state index contributed by atoms with van der Waals surface area (Å²) in [5.74, 6) is 0.995. The third kappa shape index (κ3) is 5.01. The molecule has 23 heavy (non-hydrogen) atoms. The summed E-state index contributed by atoms with van der Waals surface area (Å²) in [4.78, 5) is 11.9. The van der Waals surface area contributed by atoms with Crippen molar-refractivity contribution in [1.82, 2.24) is 5.32 Å². The molecule has 0 aliphatic carbocycles. The van der Waals surface area contributed by atoms with Gasteiger partial charge in [-0.25, -0.2) is 0 Å². The standard InChI is InChI=1S/C19H18N2O2/c1-14(2)21-19(22)16(13-20)11-15-7-6-10-18(12-15)23-17-8-4-3-5-9-17/h3-12,14H,1-2H3,(H,21,22)/b16-11-. The summed E-state index contributed by atoms with van der Waals surface area (Å²) in [6, 6.07) is 18.6. The minimum atomic E-state index is -0.378. The maximum atomic E-state index is 11.9. The maximum absolute atomic E-state index is 11.9. The number of nitriles is 1. The van der Waals surface area contributed by atoms with Crippen LogP contribution in [0.5, 0.6) is 11.5 Å². The first-order chi connectivity index (χ1) is 11.1. The van der Waals surface area contributed by atoms with Crippen LogP contribution >= 0.6 is 0 Å². The van der Waals surface area contributed by atoms with Gasteiger partial charge in [-0.15, -0.1) is 0 Å². The molecule has 2 rings (SSSR count). The number of para-hydroxylation sites is 1. The Balaban J connectivity index is 2.20. The molecule has 0 saturated carbocycles. The van der Waals surface area contributed by atoms with Gasteiger partial charge >= 0.3 is 0 Å². The first-order valence-corrected chi connectivity index (χ1v) is 7.34. The lowest BCUT2D eigenvalue weighted by molar-refractivity contribution is -0.117. The molecule has 1 N–H and O–H groups in total. The molecule has 2 aromatic carbocycles. The zero-order valence-electron chi connectivity index (χ0n) is 13.1. The van der Waals surface area contributed by atoms with E-state index in [0.717, 1.165) is 11.3 Å². The van der Waals surface area contributed by atoms with Crippen molar-refractivity contribution < 1.29 is 9.53 Å². The van der Waals surface area contributed by atoms with Crippen LogP contribution in [0.15, 0.2) is 60.2 Å². The smallest absolute Gasteiger partial charge is 0.262 e. The third-order valence-corrected chi connectivity index (χ3v) is 2.93. The van der Waals surface area contributed by atoms with Gasteiger partial charge in [0.15, 0.2) is 0 Å². The summed E-state index contributed by atoms with van der Waals surface area (Å²) < 4.78 is 5.75. The Labute approximate surface area is 136 Å². The Morgan fingerprint density at radius 3 is 2.48 bits per heavy atom. The molecule has 4 heteroatoms. The number of ether oxygens (including phenoxy) is 1. The van der Waals surface area contributed by atoms with Crippen LogP contribution in [-0.4, -0.2) is 11.9 Å². The SMILES string of the molecule is CC(C)NC(=O)/C(C#N)=C\c1cccc(Oc2ccccc2)c1. The summed E-state index contributed by atoms with van der Waals surface area (Å²) in [6.45, 7) is 3.70. The van der Waals surface area contributed by atoms with Crippen molar-refractivity contribution in [3.8, 4) is 17.6 Å². The van der Waals surface area contributed by atoms with E-state index in [1.807, 2.05) is 68.4 Å². The van der Waals surface area contributed by atoms with Crippen LogP contribution < -0.4 is 10.1 Å². The molecule has 0 radical (unpaired) electrons. The fourth-order valence-corrected chi connectivity index (χ4v) is 1.95. The van der Waals surface area contributed by atoms with Gasteiger partial charge in [-0.3, -0.25) is 4.79 Å². The molecule has 0 saturated heterocycles. The first-order valence-electron chi connectivity index (χ1n) is 7.34. The average molecular weight is 306 g/mol. The number of hydrogen-bond acceptors (Lipinski definition) is 3. The van der Waals surface area contributed by atoms with Gasteiger partial charge < -0.3 is 10.1 Å². The first kappa shape index (κ1) is 16.3. The molecular weight excluding hydrogens is 288 g/mol. The van der Waals surface area contributed by atoms with Crippen LogP contribution in [0.1, 0.15) is 19.4 Å². The van der Waals surface area contributed by atoms with E-state index >= 15 is 0 Å². The van der Waals surface area contributed by atoms with Crippen molar-refractivity contribution in [3.63, 3.8) is 0 Å². The topological polar surface area (TPSA) is 62.1 Å². The van der Waals surface area contributed by atoms with Crippen LogP contribution in [0.2, 0.25) is 0 Å². The fourth-order valence-electron chi connectivity index (χ4n) is 1.95. The molecule has 0 aliphatic rings. The van der Waals surface area contributed by atoms with E-state index < -0.39 is 0 Å². The second kappa shape index (κ2) is 7.81. The second-order valence-electron chi connectivity index (χ2n) is 5.29. The highest BCUT2D eigenvalue weighted by atomic mass is 16.5. The predicted octanol–water partition coefficient (Wildman–Crippen LogP) is 3.91. The van der Waals surface area contributed by atoms with Gasteiger partial charge in [0, 0.05) is 6.04 Å². The molecule has 116 valence electrons. The quantitative estimate of drug-likeness (QED) is 0.673. The number of benzene rings is 2. The monoisotopic (exact) mass is 306 g/mol. The number of amides is 1. The van der Waals surface area contributed by atoms with Crippen molar-refractivity contribution in [2.45, 2.75) is 19.9 Å². The molecule has 1 amide bonds. The lowest BCUT2D eigenvalue weighted by Gasteiger charge is -2.08. The van der Waals surface area contributed by atoms with E-state index in [-0.39, 0.29) is 17.5 Å². The van der Waals surface area contributed by atoms with Crippen LogP contribution in [0, 0.1) is 11.3 Å². The highest BCUT2D eigenvalue weighted by Gasteiger charge is 2.10. The average Bonchev–Trinajstić information content (AvgIpc) is 2.53. The van der Waals surface area contributed by atoms with Crippen LogP contribution in [0.3, 0.4) is 0 Å². The number of nitrogens with zero attached hydrogens (tertiary/aromatic N) is 1. The zero-order chi connectivity index (χ0) is 16.7. The summed E-state index contributed by atoms with van der Waals surface area (Å²) >= 11 is 0. The number of carbonyl (C=O) groups is 1. The molecule has 0 unspecified atom stereocenters. The fraction of sp³-hybridized carbons (Fsp3) is 0.158. The van der Waals surface area contributed by atoms with Gasteiger partial charge in [0.25, 0.3) is 5.91 Å². The van der Waals surface area contributed by atoms with E-state index in [1.54, 1.807) is 12.1 Å². The van der Waals surface area contributed by atoms with Crippen LogP contribution in [0.4, 0.5) is 0 Å². The van der Waals surface area contributed by atoms with E-state index in [0.29, 0.717) is 5.75 Å². The Morgan fingerprint density at radius 1 is 1.13 bits per heavy atom. The lowest BCUT2D eigenvalue weighted by atomic mass is 10.1. The lowest BCUT2D eigenvalue weighted by Crippen LogP contribution is -2.30. The summed E-state index contributed by atoms with van der Waals surface area (Å²) in [7, 11) is 0. The molecule has 0 atom stereocenters. The van der Waals surface area contributed by atoms with E-state index in [1.165, 1.54) is 0 Å². The number of rotatable bonds is 5. The van der Waals surface area contributed by atoms with Crippen molar-refractivity contribution in [2.24, 2.45) is 0 Å². The summed E-state index contributed by atoms with van der Waals surface area (Å²) in [6.07, 6.45) is 1.55. The van der Waals surface area contributed by atoms with E-state index in [2.05, 4.69) is 5.32 Å². The molecule has 0 fully saturated rings. The van der Waals surface area contributed by atoms with Gasteiger partial charge in [-0.1, -0.05) is 30.3 Å². The Kier molecular flexibility index (Phi) is 5.54. The third-order valence-electron chi connectivity index (χ3n) is 2.93. The molecule has 0 aromatic heterocycles. The van der Waals surface area contributed by atoms with Gasteiger partial charge in [0.1, 0.15) is 23.1 Å². The maximum Gasteiger partial charge on any atom is 0.262 e. The summed E-state index contributed by atoms with van der Waals surface area (Å²) in [5, 5.41) is 11.9. The van der Waals surface area contributed by atoms with Crippen molar-refractivity contribution in [1.29, 1.82) is 5.26 Å². The van der Waals surface area contributed by atoms with Gasteiger partial charge in [-0.05, 0) is 49.8 Å². The molecule has 0 bridgehead atoms. The Hall–Kier alpha value is -3.06. The minimum absolute atomic E-state index is 0.0213. The number of carbonyl (C=O) groups excluding carboxylic acids is 1. The summed E-state index contributed by atoms with van der Waals surface area (Å²) in [5.41, 5.74) is 0.796. The van der Waals surface area contributed by atoms with Crippen molar-refractivity contribution in [2.75, 3.05) is 0 Å². The van der Waals surface area contributed by atoms with Crippen molar-refractivity contribution in [3.05, 3.63) is 65.7 Å². The molecular formula is C19H18N2O2. The molecule has 2 aromatic rings. The normalized spacial score (nSPS) is 11.0. The predicted molar refractivity (Wildman–Crippen MR) is 89.8 cm³/mol. The van der Waals surface area contributed by atoms with Crippen LogP contribution in [0.25, 0.3) is 6.08 Å². The van der Waals surface area contributed by atoms with Crippen LogP contribution in [-0.2, 0) is 4.79 Å². The zero-order valence-corrected chi connectivity index (χ0v) is 13.1. The molecule has 4 nitrogen and oxygen atoms in total. The second-order valence-corrected chi connectivity index (χ2v) is 5.29. The minimum Gasteiger partial charge on any atom is -0.457 e. The van der Waals surface area contributed by atoms with Gasteiger partial charge in [-0.2, -0.15) is 5.26 Å². The van der Waals surface area contributed by atoms with Gasteiger partial charge in [0.05, 0.1) is 0 Å². The molecule has 0 heterocycles. The number of nitrogens with one attached hydrogen (secondary N) is 1. The van der Waals surface area contributed by atoms with Crippen molar-refractivity contribution >= 4 is 12.0 Å². The van der Waals surface area contributed by atoms with E-state index in [9.17, 15) is 4.79 Å².